The Morgan fingerprint density at radius 2 is 0.470 bits per heavy atom. The van der Waals surface area contributed by atoms with Crippen molar-refractivity contribution in [1.82, 2.24) is 0 Å². The van der Waals surface area contributed by atoms with E-state index in [1.807, 2.05) is 0 Å². The van der Waals surface area contributed by atoms with Gasteiger partial charge < -0.3 is 14.2 Å². The van der Waals surface area contributed by atoms with Gasteiger partial charge in [-0.05, 0) is 57.8 Å². The van der Waals surface area contributed by atoms with Crippen LogP contribution in [0.1, 0.15) is 406 Å². The normalized spacial score (nSPS) is 12.3. The summed E-state index contributed by atoms with van der Waals surface area (Å²) in [4.78, 5) is 38.5. The molecule has 0 saturated heterocycles. The van der Waals surface area contributed by atoms with Crippen LogP contribution in [-0.2, 0) is 28.6 Å². The number of carbonyl (C=O) groups is 3. The van der Waals surface area contributed by atoms with Crippen LogP contribution in [0, 0.1) is 0 Å². The van der Waals surface area contributed by atoms with Gasteiger partial charge in [-0.3, -0.25) is 14.4 Å². The van der Waals surface area contributed by atoms with Gasteiger partial charge in [-0.25, -0.2) is 0 Å². The lowest BCUT2D eigenvalue weighted by atomic mass is 10.0. The van der Waals surface area contributed by atoms with Gasteiger partial charge >= 0.3 is 17.9 Å². The quantitative estimate of drug-likeness (QED) is 0.0261. The van der Waals surface area contributed by atoms with Crippen LogP contribution in [0.25, 0.3) is 0 Å². The number of esters is 3. The molecule has 6 heteroatoms. The number of unbranched alkanes of at least 4 members (excludes halogenated alkanes) is 50. The molecule has 83 heavy (non-hydrogen) atoms. The Morgan fingerprint density at radius 1 is 0.253 bits per heavy atom. The first kappa shape index (κ1) is 80.4. The summed E-state index contributed by atoms with van der Waals surface area (Å²) in [6, 6.07) is 0. The van der Waals surface area contributed by atoms with E-state index in [1.165, 1.54) is 276 Å². The number of hydrogen-bond acceptors (Lipinski definition) is 6. The van der Waals surface area contributed by atoms with E-state index >= 15 is 0 Å². The predicted octanol–water partition coefficient (Wildman–Crippen LogP) is 25.7. The second-order valence-electron chi connectivity index (χ2n) is 25.2. The van der Waals surface area contributed by atoms with Crippen LogP contribution in [-0.4, -0.2) is 37.2 Å². The van der Waals surface area contributed by atoms with Crippen LogP contribution >= 0.6 is 0 Å². The molecule has 1 atom stereocenters. The van der Waals surface area contributed by atoms with E-state index in [-0.39, 0.29) is 31.1 Å². The molecule has 0 amide bonds. The molecular weight excluding hydrogens is 1020 g/mol. The minimum Gasteiger partial charge on any atom is -0.462 e. The van der Waals surface area contributed by atoms with Crippen molar-refractivity contribution in [2.75, 3.05) is 13.2 Å². The third kappa shape index (κ3) is 70.0. The molecule has 0 heterocycles. The molecule has 0 aliphatic carbocycles. The summed E-state index contributed by atoms with van der Waals surface area (Å²) in [6.07, 6.45) is 91.6. The number of carbonyl (C=O) groups excluding carboxylic acids is 3. The predicted molar refractivity (Wildman–Crippen MR) is 362 cm³/mol. The largest absolute Gasteiger partial charge is 0.462 e. The van der Waals surface area contributed by atoms with E-state index in [2.05, 4.69) is 69.4 Å². The third-order valence-electron chi connectivity index (χ3n) is 16.8. The van der Waals surface area contributed by atoms with Crippen molar-refractivity contribution in [3.63, 3.8) is 0 Å². The molecule has 486 valence electrons. The zero-order chi connectivity index (χ0) is 59.9. The van der Waals surface area contributed by atoms with Gasteiger partial charge in [0.1, 0.15) is 13.2 Å². The standard InChI is InChI=1S/C77H142O6/c1-4-7-10-13-16-19-22-25-27-29-31-33-34-35-36-37-38-39-40-41-42-44-45-47-49-52-55-58-61-64-67-70-76(79)82-73-74(72-81-75(78)69-66-63-60-57-54-51-24-21-18-15-12-9-6-3)83-77(80)71-68-65-62-59-56-53-50-48-46-43-32-30-28-26-23-20-17-14-11-8-5-2/h8,11,17,20,26,28,32,43,74H,4-7,9-10,12-16,18-19,21-25,27,29-31,33-42,44-73H2,1-3H3/b11-8-,20-17-,28-26-,43-32-. The minimum atomic E-state index is -0.776. The Balaban J connectivity index is 4.16. The SMILES string of the molecule is CC/C=C\C/C=C\C/C=C\C/C=C\CCCCCCCCCCC(=O)OC(COC(=O)CCCCCCCCCCCCCCC)COC(=O)CCCCCCCCCCCCCCCCCCCCCCCCCCCCCCCCC. The third-order valence-corrected chi connectivity index (χ3v) is 16.8. The maximum absolute atomic E-state index is 13.0. The van der Waals surface area contributed by atoms with Gasteiger partial charge in [0.2, 0.25) is 0 Å². The van der Waals surface area contributed by atoms with Gasteiger partial charge in [0.15, 0.2) is 6.10 Å². The van der Waals surface area contributed by atoms with E-state index in [9.17, 15) is 14.4 Å². The van der Waals surface area contributed by atoms with Crippen LogP contribution in [0.5, 0.6) is 0 Å². The average Bonchev–Trinajstić information content (AvgIpc) is 3.49. The summed E-state index contributed by atoms with van der Waals surface area (Å²) < 4.78 is 17.0. The highest BCUT2D eigenvalue weighted by molar-refractivity contribution is 5.71. The van der Waals surface area contributed by atoms with Gasteiger partial charge in [0, 0.05) is 19.3 Å². The van der Waals surface area contributed by atoms with Gasteiger partial charge in [0.25, 0.3) is 0 Å². The molecular formula is C77H142O6. The molecule has 0 aromatic heterocycles. The molecule has 0 saturated carbocycles. The average molecular weight is 1160 g/mol. The molecule has 0 radical (unpaired) electrons. The monoisotopic (exact) mass is 1160 g/mol. The Hall–Kier alpha value is -2.63. The summed E-state index contributed by atoms with van der Waals surface area (Å²) in [5.74, 6) is -0.850. The van der Waals surface area contributed by atoms with Crippen LogP contribution < -0.4 is 0 Å². The summed E-state index contributed by atoms with van der Waals surface area (Å²) in [6.45, 7) is 6.60. The second-order valence-corrected chi connectivity index (χ2v) is 25.2. The fourth-order valence-corrected chi connectivity index (χ4v) is 11.3. The smallest absolute Gasteiger partial charge is 0.306 e. The summed E-state index contributed by atoms with van der Waals surface area (Å²) in [7, 11) is 0. The van der Waals surface area contributed by atoms with Crippen LogP contribution in [0.2, 0.25) is 0 Å². The van der Waals surface area contributed by atoms with E-state index in [4.69, 9.17) is 14.2 Å². The zero-order valence-electron chi connectivity index (χ0n) is 56.0. The first-order chi connectivity index (χ1) is 41.0. The second kappa shape index (κ2) is 71.8. The molecule has 0 bridgehead atoms. The molecule has 6 nitrogen and oxygen atoms in total. The van der Waals surface area contributed by atoms with Gasteiger partial charge in [-0.1, -0.05) is 378 Å². The van der Waals surface area contributed by atoms with Crippen LogP contribution in [0.3, 0.4) is 0 Å². The van der Waals surface area contributed by atoms with E-state index in [1.54, 1.807) is 0 Å². The van der Waals surface area contributed by atoms with E-state index < -0.39 is 6.10 Å². The highest BCUT2D eigenvalue weighted by atomic mass is 16.6. The first-order valence-electron chi connectivity index (χ1n) is 37.1. The first-order valence-corrected chi connectivity index (χ1v) is 37.1. The maximum atomic E-state index is 13.0. The van der Waals surface area contributed by atoms with E-state index in [0.29, 0.717) is 19.3 Å². The highest BCUT2D eigenvalue weighted by Gasteiger charge is 2.20. The molecule has 0 fully saturated rings. The maximum Gasteiger partial charge on any atom is 0.306 e. The van der Waals surface area contributed by atoms with Gasteiger partial charge in [-0.15, -0.1) is 0 Å². The number of ether oxygens (including phenoxy) is 3. The lowest BCUT2D eigenvalue weighted by molar-refractivity contribution is -0.167. The van der Waals surface area contributed by atoms with Gasteiger partial charge in [0.05, 0.1) is 0 Å². The minimum absolute atomic E-state index is 0.0709. The van der Waals surface area contributed by atoms with Crippen molar-refractivity contribution in [2.24, 2.45) is 0 Å². The van der Waals surface area contributed by atoms with Crippen LogP contribution in [0.15, 0.2) is 48.6 Å². The van der Waals surface area contributed by atoms with Crippen molar-refractivity contribution < 1.29 is 28.6 Å². The number of allylic oxidation sites excluding steroid dienone is 8. The van der Waals surface area contributed by atoms with Crippen molar-refractivity contribution in [3.8, 4) is 0 Å². The topological polar surface area (TPSA) is 78.9 Å². The molecule has 0 spiro atoms. The fourth-order valence-electron chi connectivity index (χ4n) is 11.3. The van der Waals surface area contributed by atoms with Gasteiger partial charge in [-0.2, -0.15) is 0 Å². The van der Waals surface area contributed by atoms with Crippen LogP contribution in [0.4, 0.5) is 0 Å². The summed E-state index contributed by atoms with van der Waals surface area (Å²) in [5, 5.41) is 0. The van der Waals surface area contributed by atoms with Crippen molar-refractivity contribution in [3.05, 3.63) is 48.6 Å². The highest BCUT2D eigenvalue weighted by Crippen LogP contribution is 2.19. The Bertz CT molecular complexity index is 1430. The van der Waals surface area contributed by atoms with Crippen molar-refractivity contribution in [2.45, 2.75) is 412 Å². The molecule has 0 aromatic rings. The Labute approximate surface area is 518 Å². The molecule has 1 unspecified atom stereocenters. The Morgan fingerprint density at radius 3 is 0.735 bits per heavy atom. The molecule has 0 aliphatic rings. The fraction of sp³-hybridized carbons (Fsp3) is 0.857. The summed E-state index contributed by atoms with van der Waals surface area (Å²) >= 11 is 0. The van der Waals surface area contributed by atoms with E-state index in [0.717, 1.165) is 89.9 Å². The molecule has 0 aliphatic heterocycles. The molecule has 0 aromatic carbocycles. The van der Waals surface area contributed by atoms with Crippen molar-refractivity contribution >= 4 is 17.9 Å². The summed E-state index contributed by atoms with van der Waals surface area (Å²) in [5.41, 5.74) is 0. The number of hydrogen-bond donors (Lipinski definition) is 0. The van der Waals surface area contributed by atoms with Crippen molar-refractivity contribution in [1.29, 1.82) is 0 Å². The molecule has 0 rings (SSSR count). The Kier molecular flexibility index (Phi) is 69.6. The lowest BCUT2D eigenvalue weighted by Crippen LogP contribution is -2.30. The molecule has 0 N–H and O–H groups in total. The number of rotatable bonds is 69. The zero-order valence-corrected chi connectivity index (χ0v) is 56.0. The lowest BCUT2D eigenvalue weighted by Gasteiger charge is -2.18.